The molecule has 1 N–H and O–H groups in total. The lowest BCUT2D eigenvalue weighted by Crippen LogP contribution is -2.36. The molecule has 0 saturated carbocycles. The van der Waals surface area contributed by atoms with Crippen molar-refractivity contribution in [3.63, 3.8) is 0 Å². The molecule has 0 fully saturated rings. The van der Waals surface area contributed by atoms with Gasteiger partial charge in [-0.1, -0.05) is 38.1 Å². The summed E-state index contributed by atoms with van der Waals surface area (Å²) in [5.41, 5.74) is 1.16. The zero-order valence-corrected chi connectivity index (χ0v) is 12.9. The first-order valence-corrected chi connectivity index (χ1v) is 7.22. The van der Waals surface area contributed by atoms with Crippen molar-refractivity contribution in [1.29, 1.82) is 0 Å². The molecular formula is C17H27NO2. The van der Waals surface area contributed by atoms with E-state index in [1.165, 1.54) is 0 Å². The Morgan fingerprint density at radius 1 is 1.25 bits per heavy atom. The summed E-state index contributed by atoms with van der Waals surface area (Å²) in [5.74, 6) is 1.55. The number of nitrogens with one attached hydrogen (secondary N) is 1. The summed E-state index contributed by atoms with van der Waals surface area (Å²) in [6.45, 7) is 10.5. The Morgan fingerprint density at radius 2 is 2.00 bits per heavy atom. The molecule has 20 heavy (non-hydrogen) atoms. The normalized spacial score (nSPS) is 12.4. The quantitative estimate of drug-likeness (QED) is 0.667. The number of hydrogen-bond acceptors (Lipinski definition) is 3. The molecule has 3 nitrogen and oxygen atoms in total. The number of hydrogen-bond donors (Lipinski definition) is 1. The van der Waals surface area contributed by atoms with Gasteiger partial charge in [0.15, 0.2) is 0 Å². The molecule has 1 unspecified atom stereocenters. The molecule has 112 valence electrons. The van der Waals surface area contributed by atoms with E-state index in [-0.39, 0.29) is 6.10 Å². The van der Waals surface area contributed by atoms with Crippen molar-refractivity contribution >= 4 is 0 Å². The van der Waals surface area contributed by atoms with Gasteiger partial charge < -0.3 is 14.8 Å². The molecule has 0 heterocycles. The molecule has 0 radical (unpaired) electrons. The molecule has 0 aliphatic rings. The second-order valence-corrected chi connectivity index (χ2v) is 5.35. The van der Waals surface area contributed by atoms with Crippen LogP contribution in [0, 0.1) is 5.92 Å². The van der Waals surface area contributed by atoms with Crippen molar-refractivity contribution in [2.24, 2.45) is 5.92 Å². The standard InChI is InChI=1S/C17H27NO2/c1-5-8-15-9-6-7-10-17(15)20-16(13-19-4)12-18-11-14(2)3/h5-7,9-10,14,16,18H,1,8,11-13H2,2-4H3. The molecule has 3 heteroatoms. The van der Waals surface area contributed by atoms with Crippen molar-refractivity contribution < 1.29 is 9.47 Å². The monoisotopic (exact) mass is 277 g/mol. The van der Waals surface area contributed by atoms with E-state index in [1.807, 2.05) is 24.3 Å². The number of ether oxygens (including phenoxy) is 2. The average molecular weight is 277 g/mol. The van der Waals surface area contributed by atoms with E-state index < -0.39 is 0 Å². The van der Waals surface area contributed by atoms with Gasteiger partial charge in [0.25, 0.3) is 0 Å². The summed E-state index contributed by atoms with van der Waals surface area (Å²) in [4.78, 5) is 0. The fourth-order valence-electron chi connectivity index (χ4n) is 1.98. The Kier molecular flexibility index (Phi) is 8.00. The van der Waals surface area contributed by atoms with Crippen LogP contribution in [0.2, 0.25) is 0 Å². The second-order valence-electron chi connectivity index (χ2n) is 5.35. The van der Waals surface area contributed by atoms with Gasteiger partial charge in [0.2, 0.25) is 0 Å². The lowest BCUT2D eigenvalue weighted by atomic mass is 10.1. The Labute approximate surface area is 123 Å². The Morgan fingerprint density at radius 3 is 2.65 bits per heavy atom. The fraction of sp³-hybridized carbons (Fsp3) is 0.529. The highest BCUT2D eigenvalue weighted by molar-refractivity contribution is 5.34. The Bertz CT molecular complexity index is 390. The summed E-state index contributed by atoms with van der Waals surface area (Å²) in [6, 6.07) is 8.09. The van der Waals surface area contributed by atoms with Crippen molar-refractivity contribution in [2.45, 2.75) is 26.4 Å². The SMILES string of the molecule is C=CCc1ccccc1OC(CNCC(C)C)COC. The predicted octanol–water partition coefficient (Wildman–Crippen LogP) is 3.05. The van der Waals surface area contributed by atoms with Gasteiger partial charge >= 0.3 is 0 Å². The molecule has 1 aromatic carbocycles. The van der Waals surface area contributed by atoms with Crippen molar-refractivity contribution in [3.05, 3.63) is 42.5 Å². The smallest absolute Gasteiger partial charge is 0.134 e. The minimum atomic E-state index is 0.0183. The number of para-hydroxylation sites is 1. The van der Waals surface area contributed by atoms with Crippen LogP contribution in [-0.2, 0) is 11.2 Å². The summed E-state index contributed by atoms with van der Waals surface area (Å²) >= 11 is 0. The summed E-state index contributed by atoms with van der Waals surface area (Å²) in [7, 11) is 1.70. The third-order valence-corrected chi connectivity index (χ3v) is 2.91. The van der Waals surface area contributed by atoms with Gasteiger partial charge in [0.05, 0.1) is 6.61 Å². The summed E-state index contributed by atoms with van der Waals surface area (Å²) < 4.78 is 11.3. The highest BCUT2D eigenvalue weighted by atomic mass is 16.5. The van der Waals surface area contributed by atoms with Crippen LogP contribution >= 0.6 is 0 Å². The van der Waals surface area contributed by atoms with Crippen LogP contribution in [0.1, 0.15) is 19.4 Å². The first kappa shape index (κ1) is 16.7. The third kappa shape index (κ3) is 6.22. The van der Waals surface area contributed by atoms with Crippen LogP contribution < -0.4 is 10.1 Å². The number of benzene rings is 1. The lowest BCUT2D eigenvalue weighted by molar-refractivity contribution is 0.0797. The third-order valence-electron chi connectivity index (χ3n) is 2.91. The van der Waals surface area contributed by atoms with Crippen molar-refractivity contribution in [2.75, 3.05) is 26.8 Å². The van der Waals surface area contributed by atoms with Crippen LogP contribution in [0.25, 0.3) is 0 Å². The fourth-order valence-corrected chi connectivity index (χ4v) is 1.98. The van der Waals surface area contributed by atoms with Gasteiger partial charge in [0, 0.05) is 13.7 Å². The topological polar surface area (TPSA) is 30.5 Å². The van der Waals surface area contributed by atoms with Crippen molar-refractivity contribution in [1.82, 2.24) is 5.32 Å². The maximum atomic E-state index is 6.09. The van der Waals surface area contributed by atoms with Crippen LogP contribution in [0.4, 0.5) is 0 Å². The van der Waals surface area contributed by atoms with Gasteiger partial charge in [-0.05, 0) is 30.5 Å². The minimum absolute atomic E-state index is 0.0183. The Hall–Kier alpha value is -1.32. The molecule has 0 bridgehead atoms. The van der Waals surface area contributed by atoms with E-state index in [0.717, 1.165) is 30.8 Å². The molecule has 0 aliphatic heterocycles. The molecule has 1 rings (SSSR count). The molecule has 0 aliphatic carbocycles. The predicted molar refractivity (Wildman–Crippen MR) is 84.3 cm³/mol. The first-order chi connectivity index (χ1) is 9.67. The lowest BCUT2D eigenvalue weighted by Gasteiger charge is -2.21. The minimum Gasteiger partial charge on any atom is -0.486 e. The second kappa shape index (κ2) is 9.56. The van der Waals surface area contributed by atoms with Crippen LogP contribution in [-0.4, -0.2) is 32.9 Å². The molecule has 1 atom stereocenters. The molecule has 0 aromatic heterocycles. The zero-order chi connectivity index (χ0) is 14.8. The van der Waals surface area contributed by atoms with Crippen LogP contribution in [0.5, 0.6) is 5.75 Å². The number of methoxy groups -OCH3 is 1. The zero-order valence-electron chi connectivity index (χ0n) is 12.9. The van der Waals surface area contributed by atoms with Gasteiger partial charge in [-0.15, -0.1) is 6.58 Å². The van der Waals surface area contributed by atoms with Gasteiger partial charge in [-0.25, -0.2) is 0 Å². The number of rotatable bonds is 10. The largest absolute Gasteiger partial charge is 0.486 e. The van der Waals surface area contributed by atoms with E-state index in [9.17, 15) is 0 Å². The van der Waals surface area contributed by atoms with Crippen molar-refractivity contribution in [3.8, 4) is 5.75 Å². The maximum absolute atomic E-state index is 6.09. The Balaban J connectivity index is 2.62. The number of allylic oxidation sites excluding steroid dienone is 1. The first-order valence-electron chi connectivity index (χ1n) is 7.22. The summed E-state index contributed by atoms with van der Waals surface area (Å²) in [5, 5.41) is 3.42. The molecule has 0 saturated heterocycles. The van der Waals surface area contributed by atoms with Crippen LogP contribution in [0.3, 0.4) is 0 Å². The highest BCUT2D eigenvalue weighted by Gasteiger charge is 2.12. The van der Waals surface area contributed by atoms with E-state index in [2.05, 4.69) is 31.8 Å². The molecule has 0 spiro atoms. The van der Waals surface area contributed by atoms with Gasteiger partial charge in [-0.3, -0.25) is 0 Å². The van der Waals surface area contributed by atoms with E-state index in [4.69, 9.17) is 9.47 Å². The highest BCUT2D eigenvalue weighted by Crippen LogP contribution is 2.20. The van der Waals surface area contributed by atoms with Crippen LogP contribution in [0.15, 0.2) is 36.9 Å². The maximum Gasteiger partial charge on any atom is 0.134 e. The molecule has 0 amide bonds. The van der Waals surface area contributed by atoms with E-state index >= 15 is 0 Å². The van der Waals surface area contributed by atoms with E-state index in [0.29, 0.717) is 12.5 Å². The molecule has 1 aromatic rings. The van der Waals surface area contributed by atoms with Gasteiger partial charge in [-0.2, -0.15) is 0 Å². The average Bonchev–Trinajstić information content (AvgIpc) is 2.41. The molecular weight excluding hydrogens is 250 g/mol. The summed E-state index contributed by atoms with van der Waals surface area (Å²) in [6.07, 6.45) is 2.73. The van der Waals surface area contributed by atoms with Gasteiger partial charge in [0.1, 0.15) is 11.9 Å². The van der Waals surface area contributed by atoms with E-state index in [1.54, 1.807) is 7.11 Å².